The van der Waals surface area contributed by atoms with E-state index in [-0.39, 0.29) is 16.7 Å². The number of hydrogen-bond acceptors (Lipinski definition) is 6. The maximum Gasteiger partial charge on any atom is 0.243 e. The molecule has 0 saturated carbocycles. The quantitative estimate of drug-likeness (QED) is 0.748. The highest BCUT2D eigenvalue weighted by Gasteiger charge is 2.27. The topological polar surface area (TPSA) is 88.4 Å². The monoisotopic (exact) mass is 404 g/mol. The molecule has 0 radical (unpaired) electrons. The number of phenols is 1. The summed E-state index contributed by atoms with van der Waals surface area (Å²) in [5.41, 5.74) is 0.908. The summed E-state index contributed by atoms with van der Waals surface area (Å²) in [4.78, 5) is 4.54. The minimum atomic E-state index is -3.65. The lowest BCUT2D eigenvalue weighted by atomic mass is 10.2. The van der Waals surface area contributed by atoms with Gasteiger partial charge in [0.2, 0.25) is 10.0 Å². The zero-order valence-electron chi connectivity index (χ0n) is 15.9. The molecular weight excluding hydrogens is 380 g/mol. The van der Waals surface area contributed by atoms with Gasteiger partial charge in [-0.25, -0.2) is 8.42 Å². The van der Waals surface area contributed by atoms with E-state index in [4.69, 9.17) is 9.47 Å². The lowest BCUT2D eigenvalue weighted by Gasteiger charge is -2.26. The van der Waals surface area contributed by atoms with E-state index in [9.17, 15) is 13.5 Å². The van der Waals surface area contributed by atoms with E-state index in [1.165, 1.54) is 22.7 Å². The Morgan fingerprint density at radius 2 is 1.89 bits per heavy atom. The number of sulfonamides is 1. The van der Waals surface area contributed by atoms with Crippen molar-refractivity contribution in [1.29, 1.82) is 0 Å². The number of aliphatic imine (C=N–C) groups is 1. The normalized spacial score (nSPS) is 16.0. The first-order valence-electron chi connectivity index (χ1n) is 9.08. The van der Waals surface area contributed by atoms with Crippen molar-refractivity contribution in [3.63, 3.8) is 0 Å². The molecule has 1 saturated heterocycles. The highest BCUT2D eigenvalue weighted by atomic mass is 32.2. The van der Waals surface area contributed by atoms with Gasteiger partial charge in [0.15, 0.2) is 0 Å². The van der Waals surface area contributed by atoms with Gasteiger partial charge in [-0.15, -0.1) is 0 Å². The Balaban J connectivity index is 1.98. The van der Waals surface area contributed by atoms with Gasteiger partial charge in [0.05, 0.1) is 24.2 Å². The summed E-state index contributed by atoms with van der Waals surface area (Å²) in [6, 6.07) is 11.4. The molecule has 0 spiro atoms. The van der Waals surface area contributed by atoms with Gasteiger partial charge in [-0.3, -0.25) is 4.99 Å². The van der Waals surface area contributed by atoms with Crippen LogP contribution in [0.3, 0.4) is 0 Å². The minimum Gasteiger partial charge on any atom is -0.507 e. The molecule has 8 heteroatoms. The van der Waals surface area contributed by atoms with E-state index in [2.05, 4.69) is 4.99 Å². The molecule has 3 rings (SSSR count). The number of ether oxygens (including phenoxy) is 2. The van der Waals surface area contributed by atoms with Crippen molar-refractivity contribution in [2.75, 3.05) is 26.3 Å². The van der Waals surface area contributed by atoms with E-state index >= 15 is 0 Å². The summed E-state index contributed by atoms with van der Waals surface area (Å²) in [5, 5.41) is 9.92. The summed E-state index contributed by atoms with van der Waals surface area (Å²) < 4.78 is 38.3. The van der Waals surface area contributed by atoms with Gasteiger partial charge in [0, 0.05) is 24.9 Å². The van der Waals surface area contributed by atoms with Crippen molar-refractivity contribution in [3.05, 3.63) is 48.0 Å². The van der Waals surface area contributed by atoms with Crippen LogP contribution in [0.25, 0.3) is 0 Å². The Bertz CT molecular complexity index is 951. The Hall–Kier alpha value is -2.42. The lowest BCUT2D eigenvalue weighted by molar-refractivity contribution is 0.0730. The molecule has 7 nitrogen and oxygen atoms in total. The second-order valence-electron chi connectivity index (χ2n) is 6.63. The molecule has 150 valence electrons. The number of phenolic OH excluding ortho intramolecular Hbond substituents is 1. The first-order chi connectivity index (χ1) is 13.4. The zero-order chi connectivity index (χ0) is 20.1. The second kappa shape index (κ2) is 8.72. The van der Waals surface area contributed by atoms with Crippen LogP contribution in [0.5, 0.6) is 11.5 Å². The van der Waals surface area contributed by atoms with Gasteiger partial charge in [-0.05, 0) is 44.2 Å². The Morgan fingerprint density at radius 3 is 2.57 bits per heavy atom. The van der Waals surface area contributed by atoms with Crippen molar-refractivity contribution >= 4 is 21.9 Å². The fourth-order valence-electron chi connectivity index (χ4n) is 2.78. The molecule has 1 N–H and O–H groups in total. The number of nitrogens with zero attached hydrogens (tertiary/aromatic N) is 2. The van der Waals surface area contributed by atoms with Crippen LogP contribution in [0.2, 0.25) is 0 Å². The number of para-hydroxylation sites is 1. The van der Waals surface area contributed by atoms with Gasteiger partial charge in [-0.1, -0.05) is 12.1 Å². The molecular formula is C20H24N2O5S. The highest BCUT2D eigenvalue weighted by molar-refractivity contribution is 7.89. The second-order valence-corrected chi connectivity index (χ2v) is 8.57. The molecule has 0 aliphatic carbocycles. The highest BCUT2D eigenvalue weighted by Crippen LogP contribution is 2.32. The molecule has 1 fully saturated rings. The summed E-state index contributed by atoms with van der Waals surface area (Å²) >= 11 is 0. The van der Waals surface area contributed by atoms with Crippen LogP contribution in [0, 0.1) is 0 Å². The molecule has 2 aromatic carbocycles. The Morgan fingerprint density at radius 1 is 1.18 bits per heavy atom. The summed E-state index contributed by atoms with van der Waals surface area (Å²) in [6.45, 7) is 5.17. The average molecular weight is 404 g/mol. The van der Waals surface area contributed by atoms with Crippen molar-refractivity contribution in [2.24, 2.45) is 4.99 Å². The minimum absolute atomic E-state index is 0.0923. The van der Waals surface area contributed by atoms with Crippen LogP contribution in [0.15, 0.2) is 52.4 Å². The molecule has 28 heavy (non-hydrogen) atoms. The lowest BCUT2D eigenvalue weighted by Crippen LogP contribution is -2.40. The van der Waals surface area contributed by atoms with Crippen molar-refractivity contribution in [1.82, 2.24) is 4.31 Å². The van der Waals surface area contributed by atoms with E-state index < -0.39 is 10.0 Å². The molecule has 1 aliphatic rings. The van der Waals surface area contributed by atoms with E-state index in [0.717, 1.165) is 0 Å². The number of morpholine rings is 1. The third-order valence-corrected chi connectivity index (χ3v) is 6.08. The molecule has 1 aliphatic heterocycles. The molecule has 0 atom stereocenters. The van der Waals surface area contributed by atoms with Gasteiger partial charge in [-0.2, -0.15) is 4.31 Å². The van der Waals surface area contributed by atoms with E-state index in [1.807, 2.05) is 13.8 Å². The number of hydrogen-bond donors (Lipinski definition) is 1. The molecule has 0 unspecified atom stereocenters. The zero-order valence-corrected chi connectivity index (χ0v) is 16.7. The number of benzene rings is 2. The van der Waals surface area contributed by atoms with Crippen LogP contribution in [0.4, 0.5) is 5.69 Å². The van der Waals surface area contributed by atoms with Gasteiger partial charge in [0.1, 0.15) is 17.2 Å². The summed E-state index contributed by atoms with van der Waals surface area (Å²) in [7, 11) is -3.65. The smallest absolute Gasteiger partial charge is 0.243 e. The first kappa shape index (κ1) is 20.3. The average Bonchev–Trinajstić information content (AvgIpc) is 2.68. The number of aromatic hydroxyl groups is 1. The Labute approximate surface area is 165 Å². The summed E-state index contributed by atoms with van der Waals surface area (Å²) in [6.07, 6.45) is 1.39. The molecule has 2 aromatic rings. The number of rotatable bonds is 6. The van der Waals surface area contributed by atoms with Crippen LogP contribution in [-0.4, -0.2) is 56.5 Å². The van der Waals surface area contributed by atoms with Crippen molar-refractivity contribution < 1.29 is 23.0 Å². The fraction of sp³-hybridized carbons (Fsp3) is 0.350. The van der Waals surface area contributed by atoms with Crippen LogP contribution in [0.1, 0.15) is 19.4 Å². The first-order valence-corrected chi connectivity index (χ1v) is 10.5. The molecule has 1 heterocycles. The SMILES string of the molecule is CC(C)Oc1ccc(S(=O)(=O)N2CCOCC2)cc1N=Cc1ccccc1O. The third-order valence-electron chi connectivity index (χ3n) is 4.18. The maximum absolute atomic E-state index is 12.9. The van der Waals surface area contributed by atoms with E-state index in [0.29, 0.717) is 43.3 Å². The van der Waals surface area contributed by atoms with E-state index in [1.54, 1.807) is 30.3 Å². The van der Waals surface area contributed by atoms with Crippen LogP contribution < -0.4 is 4.74 Å². The van der Waals surface area contributed by atoms with Crippen molar-refractivity contribution in [2.45, 2.75) is 24.8 Å². The molecule has 0 aromatic heterocycles. The van der Waals surface area contributed by atoms with Crippen LogP contribution >= 0.6 is 0 Å². The van der Waals surface area contributed by atoms with Gasteiger partial charge in [0.25, 0.3) is 0 Å². The predicted molar refractivity (Wildman–Crippen MR) is 107 cm³/mol. The largest absolute Gasteiger partial charge is 0.507 e. The van der Waals surface area contributed by atoms with Gasteiger partial charge < -0.3 is 14.6 Å². The predicted octanol–water partition coefficient (Wildman–Crippen LogP) is 2.95. The van der Waals surface area contributed by atoms with Gasteiger partial charge >= 0.3 is 0 Å². The maximum atomic E-state index is 12.9. The van der Waals surface area contributed by atoms with Crippen LogP contribution in [-0.2, 0) is 14.8 Å². The molecule has 0 amide bonds. The van der Waals surface area contributed by atoms with Crippen molar-refractivity contribution in [3.8, 4) is 11.5 Å². The Kier molecular flexibility index (Phi) is 6.33. The summed E-state index contributed by atoms with van der Waals surface area (Å²) in [5.74, 6) is 0.567. The standard InChI is InChI=1S/C20H24N2O5S/c1-15(2)27-20-8-7-17(28(24,25)22-9-11-26-12-10-22)13-18(20)21-14-16-5-3-4-6-19(16)23/h3-8,13-15,23H,9-12H2,1-2H3. The third kappa shape index (κ3) is 4.70. The molecule has 0 bridgehead atoms. The fourth-order valence-corrected chi connectivity index (χ4v) is 4.21.